The molecule has 0 radical (unpaired) electrons. The predicted molar refractivity (Wildman–Crippen MR) is 106 cm³/mol. The number of nitrogens with one attached hydrogen (secondary N) is 1. The van der Waals surface area contributed by atoms with Crippen molar-refractivity contribution >= 4 is 34.8 Å². The van der Waals surface area contributed by atoms with Crippen LogP contribution in [0.1, 0.15) is 19.4 Å². The van der Waals surface area contributed by atoms with E-state index in [9.17, 15) is 4.79 Å². The van der Waals surface area contributed by atoms with Gasteiger partial charge in [0.05, 0.1) is 25.0 Å². The average Bonchev–Trinajstić information content (AvgIpc) is 2.67. The van der Waals surface area contributed by atoms with Gasteiger partial charge in [0.25, 0.3) is 5.91 Å². The Balaban J connectivity index is 2.04. The maximum Gasteiger partial charge on any atom is 0.280 e. The van der Waals surface area contributed by atoms with Crippen molar-refractivity contribution < 1.29 is 19.0 Å². The van der Waals surface area contributed by atoms with Crippen molar-refractivity contribution in [3.05, 3.63) is 52.0 Å². The number of carbonyl (C=O) groups is 1. The second-order valence-corrected chi connectivity index (χ2v) is 6.42. The van der Waals surface area contributed by atoms with Crippen LogP contribution in [0.2, 0.25) is 10.0 Å². The zero-order valence-corrected chi connectivity index (χ0v) is 16.9. The summed E-state index contributed by atoms with van der Waals surface area (Å²) in [6.07, 6.45) is -0.800. The number of carbonyl (C=O) groups excluding carboxylic acids is 1. The minimum Gasteiger partial charge on any atom is -0.493 e. The Morgan fingerprint density at radius 1 is 1.04 bits per heavy atom. The van der Waals surface area contributed by atoms with Crippen molar-refractivity contribution in [2.24, 2.45) is 5.10 Å². The maximum absolute atomic E-state index is 12.2. The van der Waals surface area contributed by atoms with Gasteiger partial charge < -0.3 is 14.2 Å². The second kappa shape index (κ2) is 9.48. The van der Waals surface area contributed by atoms with Crippen molar-refractivity contribution in [2.45, 2.75) is 20.0 Å². The van der Waals surface area contributed by atoms with Crippen LogP contribution in [0.3, 0.4) is 0 Å². The fraction of sp³-hybridized carbons (Fsp3) is 0.263. The monoisotopic (exact) mass is 410 g/mol. The summed E-state index contributed by atoms with van der Waals surface area (Å²) < 4.78 is 16.0. The Hall–Kier alpha value is -2.44. The summed E-state index contributed by atoms with van der Waals surface area (Å²) in [6.45, 7) is 3.37. The number of hydrazone groups is 1. The average molecular weight is 411 g/mol. The van der Waals surface area contributed by atoms with Crippen molar-refractivity contribution in [1.82, 2.24) is 5.43 Å². The number of rotatable bonds is 7. The molecule has 0 saturated carbocycles. The smallest absolute Gasteiger partial charge is 0.280 e. The minimum atomic E-state index is -0.800. The molecule has 0 aromatic heterocycles. The molecule has 27 heavy (non-hydrogen) atoms. The van der Waals surface area contributed by atoms with E-state index in [-0.39, 0.29) is 0 Å². The molecule has 1 amide bonds. The van der Waals surface area contributed by atoms with E-state index in [1.54, 1.807) is 58.4 Å². The minimum absolute atomic E-state index is 0.326. The third-order valence-corrected chi connectivity index (χ3v) is 4.23. The molecule has 2 aromatic rings. The highest BCUT2D eigenvalue weighted by atomic mass is 35.5. The Bertz CT molecular complexity index is 856. The SMILES string of the molecule is COc1ccc(/C(C)=N/NC(=O)C(C)Oc2ccc(Cl)cc2Cl)cc1OC. The Morgan fingerprint density at radius 2 is 1.70 bits per heavy atom. The van der Waals surface area contributed by atoms with Gasteiger partial charge in [-0.3, -0.25) is 4.79 Å². The van der Waals surface area contributed by atoms with E-state index in [1.807, 2.05) is 6.07 Å². The molecule has 0 saturated heterocycles. The van der Waals surface area contributed by atoms with Gasteiger partial charge in [-0.15, -0.1) is 0 Å². The van der Waals surface area contributed by atoms with Gasteiger partial charge in [0.2, 0.25) is 0 Å². The fourth-order valence-corrected chi connectivity index (χ4v) is 2.62. The second-order valence-electron chi connectivity index (χ2n) is 5.58. The van der Waals surface area contributed by atoms with Crippen LogP contribution in [0.5, 0.6) is 17.2 Å². The molecule has 6 nitrogen and oxygen atoms in total. The number of amides is 1. The molecule has 2 rings (SSSR count). The molecule has 8 heteroatoms. The van der Waals surface area contributed by atoms with E-state index < -0.39 is 12.0 Å². The normalized spacial score (nSPS) is 12.3. The first-order valence-corrected chi connectivity index (χ1v) is 8.79. The number of hydrogen-bond acceptors (Lipinski definition) is 5. The number of hydrogen-bond donors (Lipinski definition) is 1. The van der Waals surface area contributed by atoms with Crippen LogP contribution in [0.25, 0.3) is 0 Å². The molecule has 0 spiro atoms. The van der Waals surface area contributed by atoms with Crippen molar-refractivity contribution in [3.63, 3.8) is 0 Å². The van der Waals surface area contributed by atoms with Crippen LogP contribution in [-0.2, 0) is 4.79 Å². The van der Waals surface area contributed by atoms with E-state index >= 15 is 0 Å². The first-order valence-electron chi connectivity index (χ1n) is 8.04. The number of nitrogens with zero attached hydrogens (tertiary/aromatic N) is 1. The van der Waals surface area contributed by atoms with Crippen LogP contribution in [0.15, 0.2) is 41.5 Å². The molecular weight excluding hydrogens is 391 g/mol. The molecule has 0 fully saturated rings. The van der Waals surface area contributed by atoms with Crippen LogP contribution >= 0.6 is 23.2 Å². The van der Waals surface area contributed by atoms with Gasteiger partial charge in [0.1, 0.15) is 5.75 Å². The summed E-state index contributed by atoms with van der Waals surface area (Å²) >= 11 is 11.9. The largest absolute Gasteiger partial charge is 0.493 e. The lowest BCUT2D eigenvalue weighted by atomic mass is 10.1. The fourth-order valence-electron chi connectivity index (χ4n) is 2.17. The van der Waals surface area contributed by atoms with Crippen molar-refractivity contribution in [1.29, 1.82) is 0 Å². The Labute approximate surface area is 168 Å². The lowest BCUT2D eigenvalue weighted by Crippen LogP contribution is -2.34. The third kappa shape index (κ3) is 5.52. The highest BCUT2D eigenvalue weighted by Gasteiger charge is 2.16. The third-order valence-electron chi connectivity index (χ3n) is 3.70. The summed E-state index contributed by atoms with van der Waals surface area (Å²) in [6, 6.07) is 10.1. The Kier molecular flexibility index (Phi) is 7.33. The molecule has 1 unspecified atom stereocenters. The number of halogens is 2. The zero-order chi connectivity index (χ0) is 20.0. The topological polar surface area (TPSA) is 69.2 Å². The predicted octanol–water partition coefficient (Wildman–Crippen LogP) is 4.32. The van der Waals surface area contributed by atoms with Gasteiger partial charge in [-0.05, 0) is 50.2 Å². The molecule has 1 atom stereocenters. The first-order chi connectivity index (χ1) is 12.8. The number of benzene rings is 2. The van der Waals surface area contributed by atoms with Crippen molar-refractivity contribution in [3.8, 4) is 17.2 Å². The maximum atomic E-state index is 12.2. The van der Waals surface area contributed by atoms with Gasteiger partial charge in [-0.2, -0.15) is 5.10 Å². The summed E-state index contributed by atoms with van der Waals surface area (Å²) in [5.41, 5.74) is 3.86. The molecule has 0 bridgehead atoms. The summed E-state index contributed by atoms with van der Waals surface area (Å²) in [4.78, 5) is 12.2. The Morgan fingerprint density at radius 3 is 2.33 bits per heavy atom. The van der Waals surface area contributed by atoms with E-state index in [0.717, 1.165) is 5.56 Å². The standard InChI is InChI=1S/C19H20Cl2N2O4/c1-11(13-5-7-17(25-3)18(9-13)26-4)22-23-19(24)12(2)27-16-8-6-14(20)10-15(16)21/h5-10,12H,1-4H3,(H,23,24)/b22-11+. The first kappa shape index (κ1) is 20.9. The molecule has 144 valence electrons. The molecule has 1 N–H and O–H groups in total. The summed E-state index contributed by atoms with van der Waals surface area (Å²) in [5.74, 6) is 1.13. The van der Waals surface area contributed by atoms with E-state index in [0.29, 0.717) is 33.0 Å². The summed E-state index contributed by atoms with van der Waals surface area (Å²) in [5, 5.41) is 4.92. The van der Waals surface area contributed by atoms with Crippen LogP contribution in [0, 0.1) is 0 Å². The molecule has 0 aliphatic carbocycles. The van der Waals surface area contributed by atoms with Gasteiger partial charge in [-0.25, -0.2) is 5.43 Å². The molecular formula is C19H20Cl2N2O4. The number of methoxy groups -OCH3 is 2. The molecule has 2 aromatic carbocycles. The van der Waals surface area contributed by atoms with Crippen LogP contribution in [0.4, 0.5) is 0 Å². The van der Waals surface area contributed by atoms with Crippen LogP contribution < -0.4 is 19.6 Å². The summed E-state index contributed by atoms with van der Waals surface area (Å²) in [7, 11) is 3.11. The van der Waals surface area contributed by atoms with E-state index in [4.69, 9.17) is 37.4 Å². The molecule has 0 heterocycles. The lowest BCUT2D eigenvalue weighted by Gasteiger charge is -2.14. The van der Waals surface area contributed by atoms with Crippen LogP contribution in [-0.4, -0.2) is 31.9 Å². The number of ether oxygens (including phenoxy) is 3. The molecule has 0 aliphatic rings. The van der Waals surface area contributed by atoms with Gasteiger partial charge >= 0.3 is 0 Å². The highest BCUT2D eigenvalue weighted by Crippen LogP contribution is 2.29. The zero-order valence-electron chi connectivity index (χ0n) is 15.4. The van der Waals surface area contributed by atoms with Gasteiger partial charge in [-0.1, -0.05) is 23.2 Å². The van der Waals surface area contributed by atoms with Gasteiger partial charge in [0.15, 0.2) is 17.6 Å². The van der Waals surface area contributed by atoms with E-state index in [2.05, 4.69) is 10.5 Å². The van der Waals surface area contributed by atoms with E-state index in [1.165, 1.54) is 0 Å². The highest BCUT2D eigenvalue weighted by molar-refractivity contribution is 6.35. The van der Waals surface area contributed by atoms with Gasteiger partial charge in [0, 0.05) is 10.6 Å². The lowest BCUT2D eigenvalue weighted by molar-refractivity contribution is -0.127. The molecule has 0 aliphatic heterocycles. The van der Waals surface area contributed by atoms with Crippen molar-refractivity contribution in [2.75, 3.05) is 14.2 Å². The quantitative estimate of drug-likeness (QED) is 0.544.